The van der Waals surface area contributed by atoms with Gasteiger partial charge in [-0.2, -0.15) is 5.26 Å². The maximum Gasteiger partial charge on any atom is 0.264 e. The number of aryl methyl sites for hydroxylation is 1. The Labute approximate surface area is 290 Å². The summed E-state index contributed by atoms with van der Waals surface area (Å²) in [6.45, 7) is 14.8. The summed E-state index contributed by atoms with van der Waals surface area (Å²) in [5.74, 6) is 2.11. The van der Waals surface area contributed by atoms with Crippen LogP contribution in [0.25, 0.3) is 11.1 Å². The zero-order chi connectivity index (χ0) is 35.6. The third kappa shape index (κ3) is 7.70. The molecule has 5 rings (SSSR count). The van der Waals surface area contributed by atoms with Crippen molar-refractivity contribution in [3.8, 4) is 34.4 Å². The molecule has 3 aromatic rings. The summed E-state index contributed by atoms with van der Waals surface area (Å²) < 4.78 is 19.9. The Hall–Kier alpha value is -4.55. The van der Waals surface area contributed by atoms with Gasteiger partial charge >= 0.3 is 0 Å². The highest BCUT2D eigenvalue weighted by molar-refractivity contribution is 5.97. The number of carbonyl (C=O) groups is 1. The molecule has 49 heavy (non-hydrogen) atoms. The number of allylic oxidation sites excluding steroid dienone is 1. The van der Waals surface area contributed by atoms with E-state index in [1.54, 1.807) is 31.9 Å². The number of carbonyl (C=O) groups excluding carboxylic acids is 1. The molecule has 1 amide bonds. The van der Waals surface area contributed by atoms with Gasteiger partial charge in [-0.25, -0.2) is 0 Å². The predicted molar refractivity (Wildman–Crippen MR) is 192 cm³/mol. The van der Waals surface area contributed by atoms with Crippen LogP contribution in [0.5, 0.6) is 17.2 Å². The number of pyridine rings is 1. The molecule has 0 bridgehead atoms. The topological polar surface area (TPSA) is 97.0 Å². The molecule has 9 heteroatoms. The number of piperidine rings is 1. The molecule has 1 saturated heterocycles. The van der Waals surface area contributed by atoms with E-state index < -0.39 is 0 Å². The minimum absolute atomic E-state index is 0.00309. The van der Waals surface area contributed by atoms with Gasteiger partial charge < -0.3 is 23.7 Å². The number of fused-ring (bicyclic) bond motifs is 1. The number of benzene rings is 2. The zero-order valence-corrected chi connectivity index (χ0v) is 30.5. The van der Waals surface area contributed by atoms with Crippen LogP contribution < -0.4 is 19.8 Å². The lowest BCUT2D eigenvalue weighted by Gasteiger charge is -2.36. The Kier molecular flexibility index (Phi) is 10.6. The Balaban J connectivity index is 1.26. The molecule has 0 unspecified atom stereocenters. The average Bonchev–Trinajstić information content (AvgIpc) is 3.08. The lowest BCUT2D eigenvalue weighted by Crippen LogP contribution is -2.40. The highest BCUT2D eigenvalue weighted by atomic mass is 16.5. The minimum Gasteiger partial charge on any atom is -0.496 e. The number of likely N-dealkylation sites (tertiary alicyclic amines) is 1. The standard InChI is InChI=1S/C40H50N4O5/c1-25-26(2)38(45)42(7)23-34(25)29-18-36(47-8)35(37(19-29)48-9)24-43-15-13-31(14-16-43)49-32-11-10-28-12-17-44(27(3)33(28)20-32)39(46)30(22-41)21-40(4,5)6/h10-11,18-21,23,27,31H,12-17,24H2,1-9H3/b30-21+/t27-/m0/s1. The maximum atomic E-state index is 13.4. The van der Waals surface area contributed by atoms with Crippen LogP contribution in [-0.2, 0) is 24.8 Å². The van der Waals surface area contributed by atoms with E-state index in [1.165, 1.54) is 5.56 Å². The molecule has 0 saturated carbocycles. The van der Waals surface area contributed by atoms with Crippen molar-refractivity contribution in [3.63, 3.8) is 0 Å². The molecule has 2 aromatic carbocycles. The van der Waals surface area contributed by atoms with Crippen molar-refractivity contribution in [2.75, 3.05) is 33.9 Å². The molecular formula is C40H50N4O5. The number of aromatic nitrogens is 1. The third-order valence-electron chi connectivity index (χ3n) is 9.91. The minimum atomic E-state index is -0.263. The average molecular weight is 667 g/mol. The number of hydrogen-bond donors (Lipinski definition) is 0. The second-order valence-corrected chi connectivity index (χ2v) is 14.5. The van der Waals surface area contributed by atoms with Crippen LogP contribution in [0.1, 0.15) is 74.4 Å². The number of nitrogens with zero attached hydrogens (tertiary/aromatic N) is 4. The van der Waals surface area contributed by atoms with Crippen molar-refractivity contribution in [1.29, 1.82) is 5.26 Å². The lowest BCUT2D eigenvalue weighted by atomic mass is 9.90. The molecule has 9 nitrogen and oxygen atoms in total. The molecule has 260 valence electrons. The van der Waals surface area contributed by atoms with Crippen LogP contribution >= 0.6 is 0 Å². The van der Waals surface area contributed by atoms with E-state index in [9.17, 15) is 14.9 Å². The Morgan fingerprint density at radius 3 is 2.27 bits per heavy atom. The first-order valence-corrected chi connectivity index (χ1v) is 17.1. The van der Waals surface area contributed by atoms with Crippen LogP contribution in [0.2, 0.25) is 0 Å². The van der Waals surface area contributed by atoms with Crippen molar-refractivity contribution in [1.82, 2.24) is 14.4 Å². The summed E-state index contributed by atoms with van der Waals surface area (Å²) in [6.07, 6.45) is 6.21. The summed E-state index contributed by atoms with van der Waals surface area (Å²) >= 11 is 0. The molecule has 2 aliphatic heterocycles. The third-order valence-corrected chi connectivity index (χ3v) is 9.91. The molecular weight excluding hydrogens is 616 g/mol. The molecule has 1 atom stereocenters. The number of hydrogen-bond acceptors (Lipinski definition) is 7. The number of nitriles is 1. The fourth-order valence-electron chi connectivity index (χ4n) is 7.04. The van der Waals surface area contributed by atoms with Crippen molar-refractivity contribution in [2.45, 2.75) is 79.5 Å². The Morgan fingerprint density at radius 1 is 1.02 bits per heavy atom. The van der Waals surface area contributed by atoms with E-state index in [4.69, 9.17) is 14.2 Å². The van der Waals surface area contributed by atoms with E-state index >= 15 is 0 Å². The molecule has 0 N–H and O–H groups in total. The molecule has 3 heterocycles. The zero-order valence-electron chi connectivity index (χ0n) is 30.5. The Morgan fingerprint density at radius 2 is 1.67 bits per heavy atom. The molecule has 1 aromatic heterocycles. The van der Waals surface area contributed by atoms with Crippen molar-refractivity contribution in [2.24, 2.45) is 12.5 Å². The normalized spacial score (nSPS) is 17.3. The molecule has 2 aliphatic rings. The fourth-order valence-corrected chi connectivity index (χ4v) is 7.04. The van der Waals surface area contributed by atoms with Gasteiger partial charge in [-0.15, -0.1) is 0 Å². The first-order chi connectivity index (χ1) is 23.2. The smallest absolute Gasteiger partial charge is 0.264 e. The van der Waals surface area contributed by atoms with Gasteiger partial charge in [0.15, 0.2) is 0 Å². The van der Waals surface area contributed by atoms with Crippen molar-refractivity contribution in [3.05, 3.63) is 86.3 Å². The molecule has 0 spiro atoms. The van der Waals surface area contributed by atoms with E-state index in [0.717, 1.165) is 83.0 Å². The maximum absolute atomic E-state index is 13.4. The molecule has 1 fully saturated rings. The van der Waals surface area contributed by atoms with Crippen LogP contribution in [0.15, 0.2) is 53.0 Å². The highest BCUT2D eigenvalue weighted by Gasteiger charge is 2.31. The van der Waals surface area contributed by atoms with Crippen molar-refractivity contribution < 1.29 is 19.0 Å². The summed E-state index contributed by atoms with van der Waals surface area (Å²) in [6, 6.07) is 12.3. The van der Waals surface area contributed by atoms with Gasteiger partial charge in [0.25, 0.3) is 11.5 Å². The van der Waals surface area contributed by atoms with Gasteiger partial charge in [-0.05, 0) is 92.0 Å². The highest BCUT2D eigenvalue weighted by Crippen LogP contribution is 2.38. The van der Waals surface area contributed by atoms with Gasteiger partial charge in [0, 0.05) is 50.6 Å². The van der Waals surface area contributed by atoms with Crippen molar-refractivity contribution >= 4 is 5.91 Å². The first-order valence-electron chi connectivity index (χ1n) is 17.1. The number of ether oxygens (including phenoxy) is 3. The lowest BCUT2D eigenvalue weighted by molar-refractivity contribution is -0.129. The largest absolute Gasteiger partial charge is 0.496 e. The number of methoxy groups -OCH3 is 2. The second kappa shape index (κ2) is 14.5. The van der Waals surface area contributed by atoms with E-state index in [-0.39, 0.29) is 34.6 Å². The van der Waals surface area contributed by atoms with E-state index in [1.807, 2.05) is 70.8 Å². The number of rotatable bonds is 8. The predicted octanol–water partition coefficient (Wildman–Crippen LogP) is 6.67. The monoisotopic (exact) mass is 666 g/mol. The summed E-state index contributed by atoms with van der Waals surface area (Å²) in [5, 5.41) is 9.73. The summed E-state index contributed by atoms with van der Waals surface area (Å²) in [5.41, 5.74) is 6.81. The van der Waals surface area contributed by atoms with Gasteiger partial charge in [0.1, 0.15) is 35.0 Å². The fraction of sp³-hybridized carbons (Fsp3) is 0.475. The summed E-state index contributed by atoms with van der Waals surface area (Å²) in [7, 11) is 5.14. The Bertz CT molecular complexity index is 1830. The first kappa shape index (κ1) is 35.7. The SMILES string of the molecule is COc1cc(-c2cn(C)c(=O)c(C)c2C)cc(OC)c1CN1CCC(Oc2ccc3c(c2)[C@H](C)N(C(=O)/C(C#N)=C/C(C)(C)C)CC3)CC1. The van der Waals surface area contributed by atoms with Gasteiger partial charge in [0.2, 0.25) is 0 Å². The van der Waals surface area contributed by atoms with Crippen LogP contribution in [-0.4, -0.2) is 60.2 Å². The summed E-state index contributed by atoms with van der Waals surface area (Å²) in [4.78, 5) is 30.1. The van der Waals surface area contributed by atoms with Crippen LogP contribution in [0.4, 0.5) is 0 Å². The molecule has 0 aliphatic carbocycles. The number of amides is 1. The van der Waals surface area contributed by atoms with Gasteiger partial charge in [-0.1, -0.05) is 32.9 Å². The van der Waals surface area contributed by atoms with E-state index in [0.29, 0.717) is 13.1 Å². The second-order valence-electron chi connectivity index (χ2n) is 14.5. The van der Waals surface area contributed by atoms with Gasteiger partial charge in [-0.3, -0.25) is 14.5 Å². The van der Waals surface area contributed by atoms with Crippen LogP contribution in [0.3, 0.4) is 0 Å². The quantitative estimate of drug-likeness (QED) is 0.196. The van der Waals surface area contributed by atoms with E-state index in [2.05, 4.69) is 23.1 Å². The van der Waals surface area contributed by atoms with Crippen LogP contribution in [0, 0.1) is 30.6 Å². The molecule has 0 radical (unpaired) electrons. The van der Waals surface area contributed by atoms with Gasteiger partial charge in [0.05, 0.1) is 25.8 Å².